The summed E-state index contributed by atoms with van der Waals surface area (Å²) in [6.07, 6.45) is 1.80. The molecule has 0 spiro atoms. The average Bonchev–Trinajstić information content (AvgIpc) is 2.75. The first kappa shape index (κ1) is 12.5. The van der Waals surface area contributed by atoms with E-state index in [-0.39, 0.29) is 0 Å². The lowest BCUT2D eigenvalue weighted by molar-refractivity contribution is 0.912. The molecule has 0 saturated carbocycles. The van der Waals surface area contributed by atoms with Crippen LogP contribution in [-0.4, -0.2) is 12.0 Å². The van der Waals surface area contributed by atoms with E-state index < -0.39 is 0 Å². The molecule has 2 aromatic heterocycles. The van der Waals surface area contributed by atoms with Crippen molar-refractivity contribution in [1.82, 2.24) is 4.98 Å². The Balaban J connectivity index is 2.11. The topological polar surface area (TPSA) is 42.2 Å². The van der Waals surface area contributed by atoms with Crippen LogP contribution in [-0.2, 0) is 13.1 Å². The molecule has 2 heterocycles. The van der Waals surface area contributed by atoms with Crippen molar-refractivity contribution in [2.24, 2.45) is 5.73 Å². The summed E-state index contributed by atoms with van der Waals surface area (Å²) in [5.74, 6) is 0. The van der Waals surface area contributed by atoms with Gasteiger partial charge < -0.3 is 10.6 Å². The monoisotopic (exact) mass is 311 g/mol. The van der Waals surface area contributed by atoms with Crippen molar-refractivity contribution in [3.05, 3.63) is 44.8 Å². The van der Waals surface area contributed by atoms with E-state index in [2.05, 4.69) is 44.3 Å². The highest BCUT2D eigenvalue weighted by Crippen LogP contribution is 2.23. The van der Waals surface area contributed by atoms with Gasteiger partial charge in [0.2, 0.25) is 0 Å². The highest BCUT2D eigenvalue weighted by atomic mass is 79.9. The molecule has 0 aliphatic carbocycles. The van der Waals surface area contributed by atoms with Crippen molar-refractivity contribution in [1.29, 1.82) is 0 Å². The fourth-order valence-electron chi connectivity index (χ4n) is 1.61. The van der Waals surface area contributed by atoms with Crippen LogP contribution in [0.3, 0.4) is 0 Å². The first-order valence-corrected chi connectivity index (χ1v) is 6.95. The highest BCUT2D eigenvalue weighted by Gasteiger charge is 2.05. The summed E-state index contributed by atoms with van der Waals surface area (Å²) >= 11 is 5.18. The van der Waals surface area contributed by atoms with Crippen molar-refractivity contribution in [3.63, 3.8) is 0 Å². The molecule has 2 N–H and O–H groups in total. The Kier molecular flexibility index (Phi) is 4.15. The summed E-state index contributed by atoms with van der Waals surface area (Å²) in [5, 5.41) is 2.16. The Morgan fingerprint density at radius 3 is 2.94 bits per heavy atom. The van der Waals surface area contributed by atoms with E-state index in [1.165, 1.54) is 9.35 Å². The summed E-state index contributed by atoms with van der Waals surface area (Å²) in [6, 6.07) is 6.17. The maximum atomic E-state index is 5.59. The maximum Gasteiger partial charge on any atom is 0.0701 e. The number of anilines is 1. The molecule has 17 heavy (non-hydrogen) atoms. The third-order valence-corrected chi connectivity index (χ3v) is 4.04. The van der Waals surface area contributed by atoms with E-state index in [9.17, 15) is 0 Å². The predicted molar refractivity (Wildman–Crippen MR) is 76.3 cm³/mol. The number of halogens is 1. The first-order valence-electron chi connectivity index (χ1n) is 5.28. The Bertz CT molecular complexity index is 498. The predicted octanol–water partition coefficient (Wildman–Crippen LogP) is 3.00. The third-order valence-electron chi connectivity index (χ3n) is 2.49. The van der Waals surface area contributed by atoms with Crippen LogP contribution in [0.5, 0.6) is 0 Å². The van der Waals surface area contributed by atoms with Gasteiger partial charge in [0.25, 0.3) is 0 Å². The Hall–Kier alpha value is -0.910. The van der Waals surface area contributed by atoms with E-state index in [0.29, 0.717) is 6.54 Å². The zero-order valence-corrected chi connectivity index (χ0v) is 12.0. The average molecular weight is 312 g/mol. The van der Waals surface area contributed by atoms with Gasteiger partial charge in [0.1, 0.15) is 0 Å². The SMILES string of the molecule is CN(Cc1csc(Br)c1)c1ccnc(CN)c1. The van der Waals surface area contributed by atoms with Crippen LogP contribution in [0.1, 0.15) is 11.3 Å². The van der Waals surface area contributed by atoms with E-state index in [1.807, 2.05) is 12.1 Å². The molecule has 0 aliphatic rings. The second kappa shape index (κ2) is 5.62. The van der Waals surface area contributed by atoms with E-state index in [0.717, 1.165) is 17.9 Å². The van der Waals surface area contributed by atoms with Crippen LogP contribution in [0.25, 0.3) is 0 Å². The summed E-state index contributed by atoms with van der Waals surface area (Å²) in [7, 11) is 2.07. The van der Waals surface area contributed by atoms with Crippen molar-refractivity contribution >= 4 is 33.0 Å². The molecule has 5 heteroatoms. The molecule has 0 aromatic carbocycles. The minimum atomic E-state index is 0.478. The summed E-state index contributed by atoms with van der Waals surface area (Å²) in [4.78, 5) is 6.38. The number of nitrogens with two attached hydrogens (primary N) is 1. The van der Waals surface area contributed by atoms with E-state index in [4.69, 9.17) is 5.73 Å². The molecular formula is C12H14BrN3S. The second-order valence-electron chi connectivity index (χ2n) is 3.82. The standard InChI is InChI=1S/C12H14BrN3S/c1-16(7-9-4-12(13)17-8-9)11-2-3-15-10(5-11)6-14/h2-5,8H,6-7,14H2,1H3. The fraction of sp³-hybridized carbons (Fsp3) is 0.250. The molecule has 0 unspecified atom stereocenters. The number of aromatic nitrogens is 1. The van der Waals surface area contributed by atoms with Crippen LogP contribution in [0.2, 0.25) is 0 Å². The number of pyridine rings is 1. The van der Waals surface area contributed by atoms with Crippen LogP contribution in [0.4, 0.5) is 5.69 Å². The van der Waals surface area contributed by atoms with Gasteiger partial charge in [-0.05, 0) is 45.1 Å². The Morgan fingerprint density at radius 1 is 1.47 bits per heavy atom. The Morgan fingerprint density at radius 2 is 2.29 bits per heavy atom. The molecule has 0 bridgehead atoms. The molecule has 2 aromatic rings. The number of nitrogens with zero attached hydrogens (tertiary/aromatic N) is 2. The minimum absolute atomic E-state index is 0.478. The zero-order valence-electron chi connectivity index (χ0n) is 9.56. The molecule has 3 nitrogen and oxygen atoms in total. The summed E-state index contributed by atoms with van der Waals surface area (Å²) in [5.41, 5.74) is 8.95. The van der Waals surface area contributed by atoms with Gasteiger partial charge in [-0.2, -0.15) is 0 Å². The van der Waals surface area contributed by atoms with Gasteiger partial charge in [0, 0.05) is 32.0 Å². The van der Waals surface area contributed by atoms with Crippen molar-refractivity contribution < 1.29 is 0 Å². The quantitative estimate of drug-likeness (QED) is 0.944. The van der Waals surface area contributed by atoms with Crippen molar-refractivity contribution in [2.45, 2.75) is 13.1 Å². The lowest BCUT2D eigenvalue weighted by Gasteiger charge is -2.18. The molecule has 2 rings (SSSR count). The van der Waals surface area contributed by atoms with Crippen LogP contribution in [0, 0.1) is 0 Å². The van der Waals surface area contributed by atoms with Gasteiger partial charge >= 0.3 is 0 Å². The molecule has 0 saturated heterocycles. The molecule has 0 atom stereocenters. The number of thiophene rings is 1. The van der Waals surface area contributed by atoms with E-state index in [1.54, 1.807) is 17.5 Å². The Labute approximate surface area is 113 Å². The number of hydrogen-bond acceptors (Lipinski definition) is 4. The first-order chi connectivity index (χ1) is 8.19. The molecule has 90 valence electrons. The normalized spacial score (nSPS) is 10.5. The van der Waals surface area contributed by atoms with Gasteiger partial charge in [-0.1, -0.05) is 0 Å². The van der Waals surface area contributed by atoms with Crippen molar-refractivity contribution in [3.8, 4) is 0 Å². The van der Waals surface area contributed by atoms with Gasteiger partial charge in [0.15, 0.2) is 0 Å². The second-order valence-corrected chi connectivity index (χ2v) is 6.12. The van der Waals surface area contributed by atoms with Gasteiger partial charge in [-0.15, -0.1) is 11.3 Å². The summed E-state index contributed by atoms with van der Waals surface area (Å²) < 4.78 is 1.17. The summed E-state index contributed by atoms with van der Waals surface area (Å²) in [6.45, 7) is 1.36. The fourth-order valence-corrected chi connectivity index (χ4v) is 2.81. The maximum absolute atomic E-state index is 5.59. The smallest absolute Gasteiger partial charge is 0.0701 e. The van der Waals surface area contributed by atoms with E-state index >= 15 is 0 Å². The van der Waals surface area contributed by atoms with Crippen LogP contribution >= 0.6 is 27.3 Å². The van der Waals surface area contributed by atoms with Gasteiger partial charge in [-0.25, -0.2) is 0 Å². The molecule has 0 radical (unpaired) electrons. The lowest BCUT2D eigenvalue weighted by atomic mass is 10.2. The van der Waals surface area contributed by atoms with Gasteiger partial charge in [0.05, 0.1) is 9.48 Å². The largest absolute Gasteiger partial charge is 0.370 e. The van der Waals surface area contributed by atoms with Crippen LogP contribution in [0.15, 0.2) is 33.6 Å². The number of hydrogen-bond donors (Lipinski definition) is 1. The van der Waals surface area contributed by atoms with Crippen LogP contribution < -0.4 is 10.6 Å². The third kappa shape index (κ3) is 3.28. The highest BCUT2D eigenvalue weighted by molar-refractivity contribution is 9.11. The zero-order chi connectivity index (χ0) is 12.3. The number of rotatable bonds is 4. The minimum Gasteiger partial charge on any atom is -0.370 e. The molecular weight excluding hydrogens is 298 g/mol. The molecule has 0 fully saturated rings. The molecule has 0 aliphatic heterocycles. The van der Waals surface area contributed by atoms with Gasteiger partial charge in [-0.3, -0.25) is 4.98 Å². The molecule has 0 amide bonds. The van der Waals surface area contributed by atoms with Crippen molar-refractivity contribution in [2.75, 3.05) is 11.9 Å². The lowest BCUT2D eigenvalue weighted by Crippen LogP contribution is -2.16.